The molecule has 0 bridgehead atoms. The van der Waals surface area contributed by atoms with Crippen molar-refractivity contribution in [2.24, 2.45) is 5.92 Å². The molecule has 0 aliphatic heterocycles. The van der Waals surface area contributed by atoms with Crippen LogP contribution in [0.15, 0.2) is 23.1 Å². The first-order chi connectivity index (χ1) is 10.7. The molecule has 0 saturated carbocycles. The van der Waals surface area contributed by atoms with Crippen molar-refractivity contribution in [3.63, 3.8) is 0 Å². The number of rotatable bonds is 8. The van der Waals surface area contributed by atoms with Gasteiger partial charge in [0.2, 0.25) is 10.0 Å². The third-order valence-electron chi connectivity index (χ3n) is 3.01. The van der Waals surface area contributed by atoms with Gasteiger partial charge >= 0.3 is 5.97 Å². The van der Waals surface area contributed by atoms with Crippen molar-refractivity contribution < 1.29 is 22.7 Å². The number of hydrogen-bond acceptors (Lipinski definition) is 5. The highest BCUT2D eigenvalue weighted by Gasteiger charge is 2.22. The number of carbonyl (C=O) groups is 1. The number of ether oxygens (including phenoxy) is 2. The minimum absolute atomic E-state index is 0.0768. The Morgan fingerprint density at radius 1 is 1.22 bits per heavy atom. The van der Waals surface area contributed by atoms with Crippen molar-refractivity contribution in [1.82, 2.24) is 4.72 Å². The summed E-state index contributed by atoms with van der Waals surface area (Å²) in [7, 11) is -2.40. The predicted molar refractivity (Wildman–Crippen MR) is 88.2 cm³/mol. The second kappa shape index (κ2) is 8.31. The van der Waals surface area contributed by atoms with Gasteiger partial charge in [-0.25, -0.2) is 17.9 Å². The van der Waals surface area contributed by atoms with Gasteiger partial charge in [0.05, 0.1) is 19.3 Å². The lowest BCUT2D eigenvalue weighted by molar-refractivity contribution is 0.0487. The number of carbonyl (C=O) groups excluding carboxylic acids is 1. The third kappa shape index (κ3) is 5.84. The molecule has 0 unspecified atom stereocenters. The minimum atomic E-state index is -3.78. The average Bonchev–Trinajstić information content (AvgIpc) is 2.44. The minimum Gasteiger partial charge on any atom is -0.495 e. The molecular formula is C16H25NO5S. The van der Waals surface area contributed by atoms with E-state index >= 15 is 0 Å². The van der Waals surface area contributed by atoms with Crippen molar-refractivity contribution in [2.45, 2.75) is 45.1 Å². The second-order valence-electron chi connectivity index (χ2n) is 5.96. The van der Waals surface area contributed by atoms with Crippen LogP contribution in [0.3, 0.4) is 0 Å². The number of benzene rings is 1. The SMILES string of the molecule is COc1ccc(C(=O)OCCC(C)C)cc1S(=O)(=O)NC(C)C. The molecule has 0 saturated heterocycles. The molecular weight excluding hydrogens is 318 g/mol. The maximum absolute atomic E-state index is 12.4. The van der Waals surface area contributed by atoms with Gasteiger partial charge in [-0.3, -0.25) is 0 Å². The average molecular weight is 343 g/mol. The first kappa shape index (κ1) is 19.4. The molecule has 1 aromatic rings. The predicted octanol–water partition coefficient (Wildman–Crippen LogP) is 2.58. The Labute approximate surface area is 138 Å². The molecule has 0 radical (unpaired) electrons. The van der Waals surface area contributed by atoms with Crippen LogP contribution in [0, 0.1) is 5.92 Å². The number of esters is 1. The van der Waals surface area contributed by atoms with E-state index in [0.717, 1.165) is 6.42 Å². The fraction of sp³-hybridized carbons (Fsp3) is 0.562. The van der Waals surface area contributed by atoms with Gasteiger partial charge in [0, 0.05) is 6.04 Å². The molecule has 0 aliphatic carbocycles. The van der Waals surface area contributed by atoms with E-state index in [2.05, 4.69) is 4.72 Å². The summed E-state index contributed by atoms with van der Waals surface area (Å²) in [4.78, 5) is 12.0. The Balaban J connectivity index is 3.05. The lowest BCUT2D eigenvalue weighted by Gasteiger charge is -2.14. The summed E-state index contributed by atoms with van der Waals surface area (Å²) in [6.07, 6.45) is 0.752. The van der Waals surface area contributed by atoms with E-state index in [9.17, 15) is 13.2 Å². The summed E-state index contributed by atoms with van der Waals surface area (Å²) >= 11 is 0. The molecule has 6 nitrogen and oxygen atoms in total. The van der Waals surface area contributed by atoms with E-state index < -0.39 is 16.0 Å². The Hall–Kier alpha value is -1.60. The zero-order valence-corrected chi connectivity index (χ0v) is 15.1. The number of hydrogen-bond donors (Lipinski definition) is 1. The van der Waals surface area contributed by atoms with Gasteiger partial charge < -0.3 is 9.47 Å². The summed E-state index contributed by atoms with van der Waals surface area (Å²) < 4.78 is 37.4. The molecule has 1 aromatic carbocycles. The topological polar surface area (TPSA) is 81.7 Å². The first-order valence-corrected chi connectivity index (χ1v) is 9.03. The van der Waals surface area contributed by atoms with Crippen LogP contribution in [-0.4, -0.2) is 34.1 Å². The molecule has 0 aliphatic rings. The Morgan fingerprint density at radius 3 is 2.39 bits per heavy atom. The van der Waals surface area contributed by atoms with Crippen LogP contribution < -0.4 is 9.46 Å². The fourth-order valence-electron chi connectivity index (χ4n) is 1.86. The van der Waals surface area contributed by atoms with Gasteiger partial charge in [-0.05, 0) is 44.4 Å². The van der Waals surface area contributed by atoms with Crippen molar-refractivity contribution >= 4 is 16.0 Å². The van der Waals surface area contributed by atoms with Gasteiger partial charge in [-0.15, -0.1) is 0 Å². The van der Waals surface area contributed by atoms with E-state index in [-0.39, 0.29) is 22.3 Å². The van der Waals surface area contributed by atoms with Crippen LogP contribution in [0.2, 0.25) is 0 Å². The Bertz CT molecular complexity index is 638. The standard InChI is InChI=1S/C16H25NO5S/c1-11(2)8-9-22-16(18)13-6-7-14(21-5)15(10-13)23(19,20)17-12(3)4/h6-7,10-12,17H,8-9H2,1-5H3. The Kier molecular flexibility index (Phi) is 7.02. The second-order valence-corrected chi connectivity index (χ2v) is 7.64. The number of methoxy groups -OCH3 is 1. The zero-order chi connectivity index (χ0) is 17.6. The smallest absolute Gasteiger partial charge is 0.338 e. The van der Waals surface area contributed by atoms with Gasteiger partial charge in [0.1, 0.15) is 10.6 Å². The fourth-order valence-corrected chi connectivity index (χ4v) is 3.30. The van der Waals surface area contributed by atoms with E-state index in [4.69, 9.17) is 9.47 Å². The summed E-state index contributed by atoms with van der Waals surface area (Å²) in [5, 5.41) is 0. The number of nitrogens with one attached hydrogen (secondary N) is 1. The van der Waals surface area contributed by atoms with Gasteiger partial charge in [0.25, 0.3) is 0 Å². The highest BCUT2D eigenvalue weighted by Crippen LogP contribution is 2.25. The van der Waals surface area contributed by atoms with Gasteiger partial charge in [0.15, 0.2) is 0 Å². The van der Waals surface area contributed by atoms with E-state index in [1.165, 1.54) is 25.3 Å². The van der Waals surface area contributed by atoms with Gasteiger partial charge in [-0.1, -0.05) is 13.8 Å². The van der Waals surface area contributed by atoms with E-state index in [1.807, 2.05) is 13.8 Å². The van der Waals surface area contributed by atoms with Crippen LogP contribution >= 0.6 is 0 Å². The number of sulfonamides is 1. The largest absolute Gasteiger partial charge is 0.495 e. The van der Waals surface area contributed by atoms with Crippen LogP contribution in [0.5, 0.6) is 5.75 Å². The highest BCUT2D eigenvalue weighted by atomic mass is 32.2. The molecule has 130 valence electrons. The maximum Gasteiger partial charge on any atom is 0.338 e. The van der Waals surface area contributed by atoms with Crippen LogP contribution in [0.25, 0.3) is 0 Å². The lowest BCUT2D eigenvalue weighted by Crippen LogP contribution is -2.30. The first-order valence-electron chi connectivity index (χ1n) is 7.55. The molecule has 1 N–H and O–H groups in total. The van der Waals surface area contributed by atoms with Crippen molar-refractivity contribution in [1.29, 1.82) is 0 Å². The molecule has 0 atom stereocenters. The molecule has 0 amide bonds. The zero-order valence-electron chi connectivity index (χ0n) is 14.3. The summed E-state index contributed by atoms with van der Waals surface area (Å²) in [5.74, 6) is 0.0519. The summed E-state index contributed by atoms with van der Waals surface area (Å²) in [5.41, 5.74) is 0.179. The molecule has 0 heterocycles. The molecule has 0 aromatic heterocycles. The molecule has 23 heavy (non-hydrogen) atoms. The summed E-state index contributed by atoms with van der Waals surface area (Å²) in [6, 6.07) is 3.95. The van der Waals surface area contributed by atoms with E-state index in [0.29, 0.717) is 12.5 Å². The third-order valence-corrected chi connectivity index (χ3v) is 4.69. The molecule has 1 rings (SSSR count). The highest BCUT2D eigenvalue weighted by molar-refractivity contribution is 7.89. The summed E-state index contributed by atoms with van der Waals surface area (Å²) in [6.45, 7) is 7.80. The quantitative estimate of drug-likeness (QED) is 0.734. The molecule has 0 spiro atoms. The van der Waals surface area contributed by atoms with Crippen molar-refractivity contribution in [3.05, 3.63) is 23.8 Å². The van der Waals surface area contributed by atoms with Crippen molar-refractivity contribution in [2.75, 3.05) is 13.7 Å². The lowest BCUT2D eigenvalue weighted by atomic mass is 10.1. The maximum atomic E-state index is 12.4. The molecule has 0 fully saturated rings. The van der Waals surface area contributed by atoms with Crippen LogP contribution in [0.4, 0.5) is 0 Å². The van der Waals surface area contributed by atoms with E-state index in [1.54, 1.807) is 13.8 Å². The van der Waals surface area contributed by atoms with Gasteiger partial charge in [-0.2, -0.15) is 0 Å². The van der Waals surface area contributed by atoms with Crippen molar-refractivity contribution in [3.8, 4) is 5.75 Å². The van der Waals surface area contributed by atoms with Crippen LogP contribution in [-0.2, 0) is 14.8 Å². The Morgan fingerprint density at radius 2 is 1.87 bits per heavy atom. The molecule has 7 heteroatoms. The van der Waals surface area contributed by atoms with Crippen LogP contribution in [0.1, 0.15) is 44.5 Å². The monoisotopic (exact) mass is 343 g/mol. The normalized spacial score (nSPS) is 11.8.